The van der Waals surface area contributed by atoms with Gasteiger partial charge in [-0.3, -0.25) is 9.36 Å². The first kappa shape index (κ1) is 18.5. The zero-order valence-corrected chi connectivity index (χ0v) is 15.3. The van der Waals surface area contributed by atoms with E-state index in [4.69, 9.17) is 13.9 Å². The topological polar surface area (TPSA) is 70.7 Å². The summed E-state index contributed by atoms with van der Waals surface area (Å²) in [5.74, 6) is -0.793. The number of aromatic nitrogens is 1. The van der Waals surface area contributed by atoms with Gasteiger partial charge >= 0.3 is 17.7 Å². The van der Waals surface area contributed by atoms with Crippen LogP contribution in [0, 0.1) is 0 Å². The molecule has 6 nitrogen and oxygen atoms in total. The molecule has 0 aliphatic carbocycles. The van der Waals surface area contributed by atoms with Crippen molar-refractivity contribution in [2.24, 2.45) is 0 Å². The van der Waals surface area contributed by atoms with E-state index < -0.39 is 11.8 Å². The molecule has 27 heavy (non-hydrogen) atoms. The Bertz CT molecular complexity index is 904. The monoisotopic (exact) mass is 367 g/mol. The number of oxazole rings is 1. The van der Waals surface area contributed by atoms with Crippen molar-refractivity contribution in [3.8, 4) is 5.95 Å². The van der Waals surface area contributed by atoms with E-state index >= 15 is 0 Å². The fourth-order valence-corrected chi connectivity index (χ4v) is 3.12. The van der Waals surface area contributed by atoms with Gasteiger partial charge in [0, 0.05) is 6.42 Å². The molecule has 0 radical (unpaired) electrons. The molecule has 0 N–H and O–H groups in total. The summed E-state index contributed by atoms with van der Waals surface area (Å²) in [5.41, 5.74) is 2.37. The quantitative estimate of drug-likeness (QED) is 0.600. The van der Waals surface area contributed by atoms with Crippen molar-refractivity contribution in [2.45, 2.75) is 18.9 Å². The van der Waals surface area contributed by atoms with Crippen molar-refractivity contribution in [1.82, 2.24) is 4.57 Å². The summed E-state index contributed by atoms with van der Waals surface area (Å²) in [7, 11) is 2.77. The number of carbonyl (C=O) groups excluding carboxylic acids is 1. The van der Waals surface area contributed by atoms with Gasteiger partial charge in [0.1, 0.15) is 5.69 Å². The molecule has 0 atom stereocenters. The number of esters is 1. The fourth-order valence-electron chi connectivity index (χ4n) is 3.12. The van der Waals surface area contributed by atoms with Gasteiger partial charge in [-0.05, 0) is 11.1 Å². The normalized spacial score (nSPS) is 10.8. The Labute approximate surface area is 157 Å². The van der Waals surface area contributed by atoms with Gasteiger partial charge in [0.2, 0.25) is 0 Å². The highest BCUT2D eigenvalue weighted by Crippen LogP contribution is 2.30. The lowest BCUT2D eigenvalue weighted by Gasteiger charge is -2.20. The van der Waals surface area contributed by atoms with Gasteiger partial charge in [-0.2, -0.15) is 0 Å². The molecule has 2 aromatic carbocycles. The second-order valence-corrected chi connectivity index (χ2v) is 5.98. The van der Waals surface area contributed by atoms with E-state index in [0.717, 1.165) is 11.1 Å². The smallest absolute Gasteiger partial charge is 0.423 e. The summed E-state index contributed by atoms with van der Waals surface area (Å²) in [4.78, 5) is 24.4. The van der Waals surface area contributed by atoms with Crippen LogP contribution in [0.1, 0.15) is 29.3 Å². The Morgan fingerprint density at radius 1 is 1.00 bits per heavy atom. The molecule has 1 heterocycles. The summed E-state index contributed by atoms with van der Waals surface area (Å²) < 4.78 is 16.8. The van der Waals surface area contributed by atoms with Crippen molar-refractivity contribution in [2.75, 3.05) is 14.2 Å². The number of nitrogens with zero attached hydrogens (tertiary/aromatic N) is 1. The third kappa shape index (κ3) is 3.95. The lowest BCUT2D eigenvalue weighted by molar-refractivity contribution is -0.140. The first-order chi connectivity index (χ1) is 13.2. The average molecular weight is 367 g/mol. The minimum absolute atomic E-state index is 0.112. The maximum Gasteiger partial charge on any atom is 0.423 e. The predicted octanol–water partition coefficient (Wildman–Crippen LogP) is 3.19. The van der Waals surface area contributed by atoms with Gasteiger partial charge in [-0.15, -0.1) is 0 Å². The number of hydrogen-bond donors (Lipinski definition) is 0. The van der Waals surface area contributed by atoms with E-state index in [1.54, 1.807) is 4.57 Å². The maximum absolute atomic E-state index is 12.7. The number of methoxy groups -OCH3 is 2. The van der Waals surface area contributed by atoms with Gasteiger partial charge in [0.15, 0.2) is 0 Å². The van der Waals surface area contributed by atoms with Crippen LogP contribution in [0.4, 0.5) is 0 Å². The molecule has 3 rings (SSSR count). The molecule has 1 aromatic heterocycles. The Hall–Kier alpha value is -3.28. The van der Waals surface area contributed by atoms with E-state index in [1.807, 2.05) is 60.7 Å². The summed E-state index contributed by atoms with van der Waals surface area (Å²) in [5, 5.41) is 0. The standard InChI is InChI=1S/C21H21NO5/c1-25-18(23)14-13-17-20(26-2)27-21(24)22(17)19(15-9-5-3-6-10-15)16-11-7-4-8-12-16/h3-12,19H,13-14H2,1-2H3. The summed E-state index contributed by atoms with van der Waals surface area (Å²) >= 11 is 0. The van der Waals surface area contributed by atoms with Crippen LogP contribution in [-0.4, -0.2) is 24.8 Å². The van der Waals surface area contributed by atoms with Gasteiger partial charge in [0.25, 0.3) is 0 Å². The summed E-state index contributed by atoms with van der Waals surface area (Å²) in [6.45, 7) is 0. The minimum atomic E-state index is -0.538. The van der Waals surface area contributed by atoms with Crippen molar-refractivity contribution in [1.29, 1.82) is 0 Å². The molecular weight excluding hydrogens is 346 g/mol. The molecule has 0 fully saturated rings. The third-order valence-electron chi connectivity index (χ3n) is 4.37. The average Bonchev–Trinajstić information content (AvgIpc) is 3.03. The zero-order chi connectivity index (χ0) is 19.2. The van der Waals surface area contributed by atoms with Crippen molar-refractivity contribution < 1.29 is 18.7 Å². The number of hydrogen-bond acceptors (Lipinski definition) is 5. The van der Waals surface area contributed by atoms with Gasteiger partial charge in [-0.25, -0.2) is 4.79 Å². The van der Waals surface area contributed by atoms with Crippen molar-refractivity contribution >= 4 is 5.97 Å². The lowest BCUT2D eigenvalue weighted by atomic mass is 9.98. The van der Waals surface area contributed by atoms with Crippen LogP contribution < -0.4 is 10.5 Å². The van der Waals surface area contributed by atoms with Crippen LogP contribution >= 0.6 is 0 Å². The van der Waals surface area contributed by atoms with Crippen LogP contribution in [-0.2, 0) is 16.0 Å². The number of carbonyl (C=O) groups is 1. The summed E-state index contributed by atoms with van der Waals surface area (Å²) in [6.07, 6.45) is 0.375. The minimum Gasteiger partial charge on any atom is -0.469 e. The highest BCUT2D eigenvalue weighted by atomic mass is 16.6. The van der Waals surface area contributed by atoms with Crippen molar-refractivity contribution in [3.63, 3.8) is 0 Å². The second kappa shape index (κ2) is 8.40. The van der Waals surface area contributed by atoms with Crippen molar-refractivity contribution in [3.05, 3.63) is 88.0 Å². The third-order valence-corrected chi connectivity index (χ3v) is 4.37. The molecule has 0 amide bonds. The molecule has 0 saturated heterocycles. The molecular formula is C21H21NO5. The van der Waals surface area contributed by atoms with Gasteiger partial charge in [-0.1, -0.05) is 60.7 Å². The summed E-state index contributed by atoms with van der Waals surface area (Å²) in [6, 6.07) is 18.9. The molecule has 0 spiro atoms. The molecule has 0 bridgehead atoms. The van der Waals surface area contributed by atoms with Crippen LogP contribution in [0.3, 0.4) is 0 Å². The Morgan fingerprint density at radius 2 is 1.56 bits per heavy atom. The van der Waals surface area contributed by atoms with Crippen LogP contribution in [0.15, 0.2) is 69.9 Å². The van der Waals surface area contributed by atoms with Crippen LogP contribution in [0.5, 0.6) is 5.95 Å². The number of ether oxygens (including phenoxy) is 2. The fraction of sp³-hybridized carbons (Fsp3) is 0.238. The highest BCUT2D eigenvalue weighted by Gasteiger charge is 2.27. The Morgan fingerprint density at radius 3 is 2.04 bits per heavy atom. The first-order valence-corrected chi connectivity index (χ1v) is 8.60. The van der Waals surface area contributed by atoms with E-state index in [0.29, 0.717) is 5.69 Å². The number of benzene rings is 2. The Balaban J connectivity index is 2.16. The van der Waals surface area contributed by atoms with E-state index in [1.165, 1.54) is 14.2 Å². The highest BCUT2D eigenvalue weighted by molar-refractivity contribution is 5.69. The maximum atomic E-state index is 12.7. The van der Waals surface area contributed by atoms with Crippen LogP contribution in [0.2, 0.25) is 0 Å². The Kier molecular flexibility index (Phi) is 5.76. The van der Waals surface area contributed by atoms with Gasteiger partial charge < -0.3 is 13.9 Å². The predicted molar refractivity (Wildman–Crippen MR) is 100.0 cm³/mol. The van der Waals surface area contributed by atoms with Gasteiger partial charge in [0.05, 0.1) is 26.7 Å². The molecule has 140 valence electrons. The largest absolute Gasteiger partial charge is 0.469 e. The zero-order valence-electron chi connectivity index (χ0n) is 15.3. The second-order valence-electron chi connectivity index (χ2n) is 5.98. The lowest BCUT2D eigenvalue weighted by Crippen LogP contribution is -2.25. The molecule has 6 heteroatoms. The number of rotatable bonds is 7. The molecule has 0 aliphatic rings. The first-order valence-electron chi connectivity index (χ1n) is 8.60. The van der Waals surface area contributed by atoms with E-state index in [2.05, 4.69) is 0 Å². The molecule has 0 saturated carbocycles. The molecule has 0 aliphatic heterocycles. The van der Waals surface area contributed by atoms with E-state index in [-0.39, 0.29) is 24.8 Å². The molecule has 3 aromatic rings. The SMILES string of the molecule is COC(=O)CCc1c(OC)oc(=O)n1C(c1ccccc1)c1ccccc1. The van der Waals surface area contributed by atoms with Crippen LogP contribution in [0.25, 0.3) is 0 Å². The molecule has 0 unspecified atom stereocenters. The van der Waals surface area contributed by atoms with E-state index in [9.17, 15) is 9.59 Å².